The zero-order valence-electron chi connectivity index (χ0n) is 12.7. The third-order valence-electron chi connectivity index (χ3n) is 3.77. The highest BCUT2D eigenvalue weighted by Gasteiger charge is 2.16. The first-order valence-corrected chi connectivity index (χ1v) is 8.41. The van der Waals surface area contributed by atoms with Crippen molar-refractivity contribution in [3.8, 4) is 16.2 Å². The van der Waals surface area contributed by atoms with Crippen LogP contribution in [0.5, 0.6) is 5.75 Å². The van der Waals surface area contributed by atoms with Gasteiger partial charge < -0.3 is 9.72 Å². The van der Waals surface area contributed by atoms with E-state index >= 15 is 0 Å². The van der Waals surface area contributed by atoms with Crippen LogP contribution in [0.1, 0.15) is 5.56 Å². The molecule has 0 fully saturated rings. The summed E-state index contributed by atoms with van der Waals surface area (Å²) in [6, 6.07) is 15.4. The number of aromatic amines is 1. The summed E-state index contributed by atoms with van der Waals surface area (Å²) in [7, 11) is 0. The van der Waals surface area contributed by atoms with Crippen molar-refractivity contribution < 1.29 is 4.74 Å². The van der Waals surface area contributed by atoms with E-state index in [1.807, 2.05) is 53.9 Å². The van der Waals surface area contributed by atoms with Crippen molar-refractivity contribution in [1.82, 2.24) is 9.97 Å². The van der Waals surface area contributed by atoms with Gasteiger partial charge in [0.15, 0.2) is 0 Å². The Bertz CT molecular complexity index is 1020. The second-order valence-corrected chi connectivity index (χ2v) is 6.27. The molecule has 0 saturated carbocycles. The molecule has 0 aliphatic heterocycles. The van der Waals surface area contributed by atoms with Crippen molar-refractivity contribution in [2.75, 3.05) is 0 Å². The molecule has 1 aromatic carbocycles. The van der Waals surface area contributed by atoms with E-state index in [4.69, 9.17) is 4.74 Å². The number of rotatable bonds is 4. The highest BCUT2D eigenvalue weighted by Crippen LogP contribution is 2.35. The topological polar surface area (TPSA) is 55.0 Å². The molecule has 0 aliphatic rings. The molecule has 0 aliphatic carbocycles. The molecule has 0 unspecified atom stereocenters. The highest BCUT2D eigenvalue weighted by molar-refractivity contribution is 7.13. The fraction of sp³-hybridized carbons (Fsp3) is 0.0526. The molecule has 1 N–H and O–H groups in total. The Labute approximate surface area is 142 Å². The Morgan fingerprint density at radius 1 is 1.04 bits per heavy atom. The molecular formula is C19H14N2O2S. The fourth-order valence-corrected chi connectivity index (χ4v) is 3.41. The smallest absolute Gasteiger partial charge is 0.260 e. The van der Waals surface area contributed by atoms with Gasteiger partial charge in [-0.3, -0.25) is 9.78 Å². The molecule has 0 amide bonds. The Morgan fingerprint density at radius 2 is 1.88 bits per heavy atom. The van der Waals surface area contributed by atoms with E-state index in [9.17, 15) is 4.79 Å². The van der Waals surface area contributed by atoms with Crippen molar-refractivity contribution in [3.63, 3.8) is 0 Å². The normalized spacial score (nSPS) is 10.8. The molecule has 24 heavy (non-hydrogen) atoms. The maximum atomic E-state index is 12.6. The average molecular weight is 334 g/mol. The van der Waals surface area contributed by atoms with E-state index in [0.29, 0.717) is 17.9 Å². The molecule has 5 heteroatoms. The van der Waals surface area contributed by atoms with Crippen molar-refractivity contribution in [2.45, 2.75) is 6.61 Å². The zero-order chi connectivity index (χ0) is 16.4. The summed E-state index contributed by atoms with van der Waals surface area (Å²) in [5.41, 5.74) is 2.22. The number of hydrogen-bond donors (Lipinski definition) is 1. The first kappa shape index (κ1) is 14.7. The minimum Gasteiger partial charge on any atom is -0.487 e. The quantitative estimate of drug-likeness (QED) is 0.607. The van der Waals surface area contributed by atoms with Gasteiger partial charge in [-0.05, 0) is 41.3 Å². The molecule has 3 aromatic heterocycles. The molecule has 4 rings (SSSR count). The SMILES string of the molecule is O=c1[nH]c2ccccc2c(OCc2ccncc2)c1-c1cccs1. The number of nitrogens with one attached hydrogen (secondary N) is 1. The van der Waals surface area contributed by atoms with Gasteiger partial charge >= 0.3 is 0 Å². The van der Waals surface area contributed by atoms with Crippen LogP contribution in [0.3, 0.4) is 0 Å². The molecule has 118 valence electrons. The van der Waals surface area contributed by atoms with Crippen LogP contribution in [0, 0.1) is 0 Å². The van der Waals surface area contributed by atoms with E-state index in [2.05, 4.69) is 9.97 Å². The molecule has 0 saturated heterocycles. The van der Waals surface area contributed by atoms with E-state index in [-0.39, 0.29) is 5.56 Å². The second kappa shape index (κ2) is 6.29. The molecule has 4 aromatic rings. The summed E-state index contributed by atoms with van der Waals surface area (Å²) in [4.78, 5) is 20.5. The van der Waals surface area contributed by atoms with Gasteiger partial charge in [0.05, 0.1) is 11.1 Å². The number of aromatic nitrogens is 2. The van der Waals surface area contributed by atoms with E-state index in [1.165, 1.54) is 11.3 Å². The third-order valence-corrected chi connectivity index (χ3v) is 4.66. The summed E-state index contributed by atoms with van der Waals surface area (Å²) in [6.07, 6.45) is 3.46. The summed E-state index contributed by atoms with van der Waals surface area (Å²) in [6.45, 7) is 0.383. The monoisotopic (exact) mass is 334 g/mol. The van der Waals surface area contributed by atoms with Crippen molar-refractivity contribution in [3.05, 3.63) is 82.2 Å². The van der Waals surface area contributed by atoms with Gasteiger partial charge in [-0.25, -0.2) is 0 Å². The molecule has 0 bridgehead atoms. The van der Waals surface area contributed by atoms with Crippen LogP contribution in [0.2, 0.25) is 0 Å². The first-order valence-electron chi connectivity index (χ1n) is 7.53. The Hall–Kier alpha value is -2.92. The molecule has 0 radical (unpaired) electrons. The third kappa shape index (κ3) is 2.70. The van der Waals surface area contributed by atoms with Gasteiger partial charge in [-0.15, -0.1) is 11.3 Å². The lowest BCUT2D eigenvalue weighted by Crippen LogP contribution is -2.11. The Morgan fingerprint density at radius 3 is 2.67 bits per heavy atom. The number of H-pyrrole nitrogens is 1. The van der Waals surface area contributed by atoms with Crippen LogP contribution in [-0.2, 0) is 6.61 Å². The van der Waals surface area contributed by atoms with Crippen LogP contribution >= 0.6 is 11.3 Å². The van der Waals surface area contributed by atoms with Gasteiger partial charge in [-0.1, -0.05) is 18.2 Å². The number of benzene rings is 1. The van der Waals surface area contributed by atoms with Crippen molar-refractivity contribution >= 4 is 22.2 Å². The number of nitrogens with zero attached hydrogens (tertiary/aromatic N) is 1. The maximum Gasteiger partial charge on any atom is 0.260 e. The zero-order valence-corrected chi connectivity index (χ0v) is 13.5. The van der Waals surface area contributed by atoms with Crippen LogP contribution in [0.4, 0.5) is 0 Å². The van der Waals surface area contributed by atoms with E-state index in [1.54, 1.807) is 12.4 Å². The number of fused-ring (bicyclic) bond motifs is 1. The average Bonchev–Trinajstić information content (AvgIpc) is 3.14. The van der Waals surface area contributed by atoms with Crippen molar-refractivity contribution in [2.24, 2.45) is 0 Å². The maximum absolute atomic E-state index is 12.6. The van der Waals surface area contributed by atoms with Crippen LogP contribution in [-0.4, -0.2) is 9.97 Å². The molecule has 0 spiro atoms. The van der Waals surface area contributed by atoms with E-state index in [0.717, 1.165) is 21.3 Å². The number of thiophene rings is 1. The predicted octanol–water partition coefficient (Wildman–Crippen LogP) is 4.23. The predicted molar refractivity (Wildman–Crippen MR) is 96.5 cm³/mol. The largest absolute Gasteiger partial charge is 0.487 e. The summed E-state index contributed by atoms with van der Waals surface area (Å²) in [5, 5.41) is 2.85. The Kier molecular flexibility index (Phi) is 3.84. The lowest BCUT2D eigenvalue weighted by atomic mass is 10.1. The van der Waals surface area contributed by atoms with E-state index < -0.39 is 0 Å². The number of pyridine rings is 2. The van der Waals surface area contributed by atoms with Crippen LogP contribution in [0.15, 0.2) is 71.1 Å². The molecular weight excluding hydrogens is 320 g/mol. The van der Waals surface area contributed by atoms with Gasteiger partial charge in [0.25, 0.3) is 5.56 Å². The van der Waals surface area contributed by atoms with Gasteiger partial charge in [-0.2, -0.15) is 0 Å². The minimum atomic E-state index is -0.138. The summed E-state index contributed by atoms with van der Waals surface area (Å²) in [5.74, 6) is 0.619. The minimum absolute atomic E-state index is 0.138. The number of ether oxygens (including phenoxy) is 1. The molecule has 3 heterocycles. The highest BCUT2D eigenvalue weighted by atomic mass is 32.1. The molecule has 4 nitrogen and oxygen atoms in total. The fourth-order valence-electron chi connectivity index (χ4n) is 2.64. The van der Waals surface area contributed by atoms with Gasteiger partial charge in [0.2, 0.25) is 0 Å². The van der Waals surface area contributed by atoms with Gasteiger partial charge in [0.1, 0.15) is 12.4 Å². The van der Waals surface area contributed by atoms with Crippen molar-refractivity contribution in [1.29, 1.82) is 0 Å². The van der Waals surface area contributed by atoms with Crippen LogP contribution < -0.4 is 10.3 Å². The number of para-hydroxylation sites is 1. The van der Waals surface area contributed by atoms with Crippen LogP contribution in [0.25, 0.3) is 21.3 Å². The number of hydrogen-bond acceptors (Lipinski definition) is 4. The lowest BCUT2D eigenvalue weighted by Gasteiger charge is -2.13. The summed E-state index contributed by atoms with van der Waals surface area (Å²) >= 11 is 1.52. The molecule has 0 atom stereocenters. The van der Waals surface area contributed by atoms with Gasteiger partial charge in [0, 0.05) is 22.7 Å². The summed E-state index contributed by atoms with van der Waals surface area (Å²) < 4.78 is 6.10. The first-order chi connectivity index (χ1) is 11.8. The second-order valence-electron chi connectivity index (χ2n) is 5.33. The lowest BCUT2D eigenvalue weighted by molar-refractivity contribution is 0.311. The standard InChI is InChI=1S/C19H14N2O2S/c22-19-17(16-6-3-11-24-16)18(14-4-1-2-5-15(14)21-19)23-12-13-7-9-20-10-8-13/h1-11H,12H2,(H,21,22). The Balaban J connectivity index is 1.87.